The molecule has 0 aliphatic heterocycles. The molecule has 0 spiro atoms. The molecule has 0 bridgehead atoms. The lowest BCUT2D eigenvalue weighted by Gasteiger charge is -2.21. The van der Waals surface area contributed by atoms with Crippen LogP contribution < -0.4 is 14.4 Å². The SMILES string of the molecule is COc1cc2nc(N(CCCN(C)C)C(=O)c3ccc(F)cc3)sc2cc1OC. The van der Waals surface area contributed by atoms with E-state index < -0.39 is 0 Å². The van der Waals surface area contributed by atoms with Gasteiger partial charge in [-0.25, -0.2) is 9.37 Å². The van der Waals surface area contributed by atoms with Crippen molar-refractivity contribution in [1.29, 1.82) is 0 Å². The molecular weight excluding hydrogens is 393 g/mol. The van der Waals surface area contributed by atoms with E-state index in [0.717, 1.165) is 23.2 Å². The smallest absolute Gasteiger partial charge is 0.260 e. The minimum atomic E-state index is -0.375. The van der Waals surface area contributed by atoms with Crippen LogP contribution in [0.1, 0.15) is 16.8 Å². The molecule has 0 saturated carbocycles. The first-order chi connectivity index (χ1) is 13.9. The van der Waals surface area contributed by atoms with Crippen molar-refractivity contribution < 1.29 is 18.7 Å². The Morgan fingerprint density at radius 1 is 1.07 bits per heavy atom. The van der Waals surface area contributed by atoms with Crippen molar-refractivity contribution in [3.63, 3.8) is 0 Å². The molecule has 1 heterocycles. The lowest BCUT2D eigenvalue weighted by molar-refractivity contribution is 0.0986. The Morgan fingerprint density at radius 3 is 2.34 bits per heavy atom. The van der Waals surface area contributed by atoms with Gasteiger partial charge in [0, 0.05) is 24.2 Å². The second-order valence-corrected chi connectivity index (χ2v) is 7.80. The van der Waals surface area contributed by atoms with E-state index in [9.17, 15) is 9.18 Å². The molecule has 1 aromatic heterocycles. The largest absolute Gasteiger partial charge is 0.493 e. The number of aromatic nitrogens is 1. The third-order valence-electron chi connectivity index (χ3n) is 4.44. The van der Waals surface area contributed by atoms with E-state index in [0.29, 0.717) is 28.7 Å². The average molecular weight is 418 g/mol. The van der Waals surface area contributed by atoms with Crippen LogP contribution in [0.2, 0.25) is 0 Å². The van der Waals surface area contributed by atoms with Gasteiger partial charge in [-0.15, -0.1) is 0 Å². The van der Waals surface area contributed by atoms with Crippen molar-refractivity contribution in [2.24, 2.45) is 0 Å². The average Bonchev–Trinajstić information content (AvgIpc) is 3.12. The van der Waals surface area contributed by atoms with Crippen molar-refractivity contribution in [3.8, 4) is 11.5 Å². The summed E-state index contributed by atoms with van der Waals surface area (Å²) in [7, 11) is 7.13. The Morgan fingerprint density at radius 2 is 1.72 bits per heavy atom. The number of nitrogens with zero attached hydrogens (tertiary/aromatic N) is 3. The zero-order valence-corrected chi connectivity index (χ0v) is 17.8. The van der Waals surface area contributed by atoms with Crippen molar-refractivity contribution in [3.05, 3.63) is 47.8 Å². The number of thiazole rings is 1. The minimum Gasteiger partial charge on any atom is -0.493 e. The Hall–Kier alpha value is -2.71. The summed E-state index contributed by atoms with van der Waals surface area (Å²) in [5.74, 6) is 0.613. The molecule has 154 valence electrons. The van der Waals surface area contributed by atoms with Crippen LogP contribution in [0.3, 0.4) is 0 Å². The van der Waals surface area contributed by atoms with E-state index in [1.165, 1.54) is 35.6 Å². The van der Waals surface area contributed by atoms with Gasteiger partial charge in [0.25, 0.3) is 5.91 Å². The van der Waals surface area contributed by atoms with Crippen LogP contribution in [0.4, 0.5) is 9.52 Å². The van der Waals surface area contributed by atoms with Gasteiger partial charge in [-0.3, -0.25) is 9.69 Å². The molecule has 29 heavy (non-hydrogen) atoms. The zero-order chi connectivity index (χ0) is 21.0. The van der Waals surface area contributed by atoms with Crippen molar-refractivity contribution in [1.82, 2.24) is 9.88 Å². The summed E-state index contributed by atoms with van der Waals surface area (Å²) in [5, 5.41) is 0.586. The van der Waals surface area contributed by atoms with Crippen LogP contribution in [0, 0.1) is 5.82 Å². The molecular formula is C21H24FN3O3S. The third kappa shape index (κ3) is 4.83. The lowest BCUT2D eigenvalue weighted by atomic mass is 10.2. The summed E-state index contributed by atoms with van der Waals surface area (Å²) < 4.78 is 24.9. The number of amides is 1. The Labute approximate surface area is 173 Å². The van der Waals surface area contributed by atoms with Gasteiger partial charge in [0.2, 0.25) is 0 Å². The summed E-state index contributed by atoms with van der Waals surface area (Å²) in [5.41, 5.74) is 1.15. The predicted molar refractivity (Wildman–Crippen MR) is 114 cm³/mol. The van der Waals surface area contributed by atoms with E-state index in [4.69, 9.17) is 9.47 Å². The Bertz CT molecular complexity index is 948. The van der Waals surface area contributed by atoms with Crippen molar-refractivity contribution in [2.75, 3.05) is 46.3 Å². The van der Waals surface area contributed by atoms with Gasteiger partial charge in [-0.2, -0.15) is 0 Å². The molecule has 0 fully saturated rings. The second kappa shape index (κ2) is 9.19. The van der Waals surface area contributed by atoms with Crippen LogP contribution in [-0.2, 0) is 0 Å². The predicted octanol–water partition coefficient (Wildman–Crippen LogP) is 4.05. The number of fused-ring (bicyclic) bond motifs is 1. The van der Waals surface area contributed by atoms with Gasteiger partial charge in [-0.1, -0.05) is 11.3 Å². The molecule has 0 unspecified atom stereocenters. The van der Waals surface area contributed by atoms with E-state index in [2.05, 4.69) is 9.88 Å². The maximum atomic E-state index is 13.3. The maximum absolute atomic E-state index is 13.3. The first-order valence-corrected chi connectivity index (χ1v) is 9.99. The Kier molecular flexibility index (Phi) is 6.66. The van der Waals surface area contributed by atoms with E-state index in [1.54, 1.807) is 25.2 Å². The van der Waals surface area contributed by atoms with Crippen LogP contribution in [0.25, 0.3) is 10.2 Å². The molecule has 6 nitrogen and oxygen atoms in total. The third-order valence-corrected chi connectivity index (χ3v) is 5.48. The minimum absolute atomic E-state index is 0.207. The number of ether oxygens (including phenoxy) is 2. The summed E-state index contributed by atoms with van der Waals surface area (Å²) in [6.45, 7) is 1.34. The zero-order valence-electron chi connectivity index (χ0n) is 16.9. The van der Waals surface area contributed by atoms with Crippen molar-refractivity contribution >= 4 is 32.6 Å². The summed E-state index contributed by atoms with van der Waals surface area (Å²) >= 11 is 1.41. The number of methoxy groups -OCH3 is 2. The van der Waals surface area contributed by atoms with E-state index in [-0.39, 0.29) is 11.7 Å². The molecule has 3 aromatic rings. The highest BCUT2D eigenvalue weighted by Gasteiger charge is 2.22. The molecule has 0 atom stereocenters. The fraction of sp³-hybridized carbons (Fsp3) is 0.333. The molecule has 0 radical (unpaired) electrons. The Balaban J connectivity index is 1.98. The number of hydrogen-bond acceptors (Lipinski definition) is 6. The normalized spacial score (nSPS) is 11.1. The quantitative estimate of drug-likeness (QED) is 0.553. The number of halogens is 1. The van der Waals surface area contributed by atoms with Crippen LogP contribution >= 0.6 is 11.3 Å². The number of carbonyl (C=O) groups excluding carboxylic acids is 1. The fourth-order valence-corrected chi connectivity index (χ4v) is 3.94. The molecule has 0 aliphatic rings. The molecule has 2 aromatic carbocycles. The molecule has 0 aliphatic carbocycles. The molecule has 8 heteroatoms. The molecule has 3 rings (SSSR count). The molecule has 0 N–H and O–H groups in total. The second-order valence-electron chi connectivity index (χ2n) is 6.79. The monoisotopic (exact) mass is 417 g/mol. The van der Waals surface area contributed by atoms with Gasteiger partial charge < -0.3 is 14.4 Å². The fourth-order valence-electron chi connectivity index (χ4n) is 2.94. The summed E-state index contributed by atoms with van der Waals surface area (Å²) in [6.07, 6.45) is 0.780. The number of anilines is 1. The molecule has 0 saturated heterocycles. The van der Waals surface area contributed by atoms with E-state index in [1.807, 2.05) is 20.2 Å². The first-order valence-electron chi connectivity index (χ1n) is 9.17. The highest BCUT2D eigenvalue weighted by Crippen LogP contribution is 2.37. The number of hydrogen-bond donors (Lipinski definition) is 0. The van der Waals surface area contributed by atoms with Crippen LogP contribution in [0.15, 0.2) is 36.4 Å². The van der Waals surface area contributed by atoms with Gasteiger partial charge in [0.05, 0.1) is 24.4 Å². The molecule has 1 amide bonds. The maximum Gasteiger partial charge on any atom is 0.260 e. The number of rotatable bonds is 8. The topological polar surface area (TPSA) is 54.9 Å². The summed E-state index contributed by atoms with van der Waals surface area (Å²) in [6, 6.07) is 9.23. The van der Waals surface area contributed by atoms with Gasteiger partial charge in [0.15, 0.2) is 16.6 Å². The number of carbonyl (C=O) groups is 1. The van der Waals surface area contributed by atoms with Gasteiger partial charge >= 0.3 is 0 Å². The standard InChI is InChI=1S/C21H24FN3O3S/c1-24(2)10-5-11-25(20(26)14-6-8-15(22)9-7-14)21-23-16-12-17(27-3)18(28-4)13-19(16)29-21/h6-9,12-13H,5,10-11H2,1-4H3. The van der Waals surface area contributed by atoms with Gasteiger partial charge in [-0.05, 0) is 51.3 Å². The first kappa shape index (κ1) is 21.0. The summed E-state index contributed by atoms with van der Waals surface area (Å²) in [4.78, 5) is 21.5. The van der Waals surface area contributed by atoms with Crippen LogP contribution in [0.5, 0.6) is 11.5 Å². The van der Waals surface area contributed by atoms with E-state index >= 15 is 0 Å². The van der Waals surface area contributed by atoms with Crippen LogP contribution in [-0.4, -0.2) is 57.2 Å². The van der Waals surface area contributed by atoms with Gasteiger partial charge in [0.1, 0.15) is 5.82 Å². The number of benzene rings is 2. The highest BCUT2D eigenvalue weighted by atomic mass is 32.1. The van der Waals surface area contributed by atoms with Crippen molar-refractivity contribution in [2.45, 2.75) is 6.42 Å². The highest BCUT2D eigenvalue weighted by molar-refractivity contribution is 7.22. The lowest BCUT2D eigenvalue weighted by Crippen LogP contribution is -2.33.